The molecule has 1 N–H and O–H groups in total. The van der Waals surface area contributed by atoms with E-state index < -0.39 is 10.0 Å². The maximum atomic E-state index is 12.1. The topological polar surface area (TPSA) is 58.5 Å². The summed E-state index contributed by atoms with van der Waals surface area (Å²) in [5, 5.41) is 4.09. The van der Waals surface area contributed by atoms with Crippen LogP contribution >= 0.6 is 23.2 Å². The first-order valence-electron chi connectivity index (χ1n) is 5.95. The van der Waals surface area contributed by atoms with E-state index in [4.69, 9.17) is 23.2 Å². The van der Waals surface area contributed by atoms with Gasteiger partial charge in [0, 0.05) is 5.02 Å². The first-order chi connectivity index (χ1) is 9.88. The van der Waals surface area contributed by atoms with Crippen LogP contribution < -0.4 is 4.83 Å². The summed E-state index contributed by atoms with van der Waals surface area (Å²) >= 11 is 11.6. The summed E-state index contributed by atoms with van der Waals surface area (Å²) in [5.74, 6) is 0. The van der Waals surface area contributed by atoms with Crippen LogP contribution in [0.2, 0.25) is 10.0 Å². The van der Waals surface area contributed by atoms with Crippen LogP contribution in [0.5, 0.6) is 0 Å². The number of nitrogens with zero attached hydrogens (tertiary/aromatic N) is 1. The molecule has 2 aromatic carbocycles. The van der Waals surface area contributed by atoms with E-state index >= 15 is 0 Å². The van der Waals surface area contributed by atoms with Crippen molar-refractivity contribution in [3.63, 3.8) is 0 Å². The number of hydrazone groups is 1. The Morgan fingerprint density at radius 3 is 2.43 bits per heavy atom. The van der Waals surface area contributed by atoms with Crippen molar-refractivity contribution in [1.82, 2.24) is 4.83 Å². The third-order valence-corrected chi connectivity index (χ3v) is 4.59. The Kier molecular flexibility index (Phi) is 4.88. The fourth-order valence-electron chi connectivity index (χ4n) is 1.56. The highest BCUT2D eigenvalue weighted by Gasteiger charge is 2.17. The van der Waals surface area contributed by atoms with E-state index in [2.05, 4.69) is 9.93 Å². The maximum Gasteiger partial charge on any atom is 0.278 e. The molecule has 0 aromatic heterocycles. The Morgan fingerprint density at radius 1 is 1.10 bits per heavy atom. The van der Waals surface area contributed by atoms with Gasteiger partial charge in [0.2, 0.25) is 0 Å². The molecular formula is C14H12Cl2N2O2S. The first kappa shape index (κ1) is 15.8. The van der Waals surface area contributed by atoms with Crippen molar-refractivity contribution >= 4 is 39.4 Å². The third kappa shape index (κ3) is 4.20. The van der Waals surface area contributed by atoms with Gasteiger partial charge in [-0.15, -0.1) is 0 Å². The highest BCUT2D eigenvalue weighted by molar-refractivity contribution is 7.89. The van der Waals surface area contributed by atoms with Crippen LogP contribution in [0, 0.1) is 6.92 Å². The van der Waals surface area contributed by atoms with Gasteiger partial charge in [-0.05, 0) is 30.7 Å². The van der Waals surface area contributed by atoms with Gasteiger partial charge < -0.3 is 0 Å². The van der Waals surface area contributed by atoms with E-state index in [1.807, 2.05) is 31.2 Å². The molecule has 2 aromatic rings. The van der Waals surface area contributed by atoms with Crippen molar-refractivity contribution in [2.24, 2.45) is 5.10 Å². The standard InChI is InChI=1S/C14H12Cl2N2O2S/c1-10-2-4-11(5-3-10)9-17-18-21(19,20)14-8-12(15)6-7-13(14)16/h2-9,18H,1H3/b17-9-. The summed E-state index contributed by atoms with van der Waals surface area (Å²) in [6.07, 6.45) is 1.41. The van der Waals surface area contributed by atoms with Gasteiger partial charge in [-0.25, -0.2) is 4.83 Å². The Balaban J connectivity index is 2.18. The van der Waals surface area contributed by atoms with Gasteiger partial charge in [-0.2, -0.15) is 13.5 Å². The molecule has 0 heterocycles. The smallest absolute Gasteiger partial charge is 0.200 e. The van der Waals surface area contributed by atoms with Gasteiger partial charge in [0.15, 0.2) is 0 Å². The summed E-state index contributed by atoms with van der Waals surface area (Å²) in [4.78, 5) is 1.99. The summed E-state index contributed by atoms with van der Waals surface area (Å²) in [6, 6.07) is 11.7. The quantitative estimate of drug-likeness (QED) is 0.681. The molecule has 0 amide bonds. The lowest BCUT2D eigenvalue weighted by Gasteiger charge is -2.05. The van der Waals surface area contributed by atoms with E-state index in [0.717, 1.165) is 11.1 Å². The Bertz CT molecular complexity index is 772. The minimum absolute atomic E-state index is 0.0810. The lowest BCUT2D eigenvalue weighted by Crippen LogP contribution is -2.18. The molecule has 0 aliphatic rings. The molecule has 0 unspecified atom stereocenters. The number of sulfonamides is 1. The molecule has 110 valence electrons. The van der Waals surface area contributed by atoms with Crippen LogP contribution in [0.3, 0.4) is 0 Å². The number of hydrogen-bond donors (Lipinski definition) is 1. The van der Waals surface area contributed by atoms with E-state index in [9.17, 15) is 8.42 Å². The minimum atomic E-state index is -3.86. The lowest BCUT2D eigenvalue weighted by atomic mass is 10.2. The maximum absolute atomic E-state index is 12.1. The van der Waals surface area contributed by atoms with E-state index in [-0.39, 0.29) is 14.9 Å². The van der Waals surface area contributed by atoms with Gasteiger partial charge in [-0.1, -0.05) is 53.0 Å². The average Bonchev–Trinajstić information content (AvgIpc) is 2.43. The van der Waals surface area contributed by atoms with Crippen molar-refractivity contribution in [1.29, 1.82) is 0 Å². The molecule has 21 heavy (non-hydrogen) atoms. The number of aryl methyl sites for hydroxylation is 1. The normalized spacial score (nSPS) is 11.8. The van der Waals surface area contributed by atoms with E-state index in [0.29, 0.717) is 0 Å². The molecule has 7 heteroatoms. The fourth-order valence-corrected chi connectivity index (χ4v) is 3.11. The van der Waals surface area contributed by atoms with Crippen LogP contribution in [-0.2, 0) is 10.0 Å². The number of nitrogens with one attached hydrogen (secondary N) is 1. The van der Waals surface area contributed by atoms with Gasteiger partial charge in [-0.3, -0.25) is 0 Å². The Morgan fingerprint density at radius 2 is 1.76 bits per heavy atom. The van der Waals surface area contributed by atoms with Gasteiger partial charge in [0.05, 0.1) is 11.2 Å². The Labute approximate surface area is 133 Å². The molecule has 0 aliphatic carbocycles. The molecule has 0 bridgehead atoms. The van der Waals surface area contributed by atoms with Crippen molar-refractivity contribution < 1.29 is 8.42 Å². The molecule has 0 fully saturated rings. The first-order valence-corrected chi connectivity index (χ1v) is 8.19. The number of hydrogen-bond acceptors (Lipinski definition) is 3. The highest BCUT2D eigenvalue weighted by Crippen LogP contribution is 2.24. The molecule has 0 radical (unpaired) electrons. The summed E-state index contributed by atoms with van der Waals surface area (Å²) in [6.45, 7) is 1.96. The zero-order valence-corrected chi connectivity index (χ0v) is 13.4. The second kappa shape index (κ2) is 6.47. The van der Waals surface area contributed by atoms with Crippen LogP contribution in [-0.4, -0.2) is 14.6 Å². The predicted molar refractivity (Wildman–Crippen MR) is 85.6 cm³/mol. The van der Waals surface area contributed by atoms with E-state index in [1.54, 1.807) is 0 Å². The molecule has 0 spiro atoms. The Hall–Kier alpha value is -1.56. The fraction of sp³-hybridized carbons (Fsp3) is 0.0714. The molecule has 0 saturated carbocycles. The van der Waals surface area contributed by atoms with Gasteiger partial charge >= 0.3 is 0 Å². The molecule has 0 saturated heterocycles. The van der Waals surface area contributed by atoms with Crippen molar-refractivity contribution in [3.05, 3.63) is 63.6 Å². The van der Waals surface area contributed by atoms with Gasteiger partial charge in [0.25, 0.3) is 10.0 Å². The van der Waals surface area contributed by atoms with Crippen LogP contribution in [0.1, 0.15) is 11.1 Å². The van der Waals surface area contributed by atoms with Crippen molar-refractivity contribution in [2.75, 3.05) is 0 Å². The second-order valence-electron chi connectivity index (χ2n) is 4.34. The molecule has 0 atom stereocenters. The molecule has 4 nitrogen and oxygen atoms in total. The van der Waals surface area contributed by atoms with Crippen LogP contribution in [0.15, 0.2) is 52.5 Å². The predicted octanol–water partition coefficient (Wildman–Crippen LogP) is 3.61. The largest absolute Gasteiger partial charge is 0.278 e. The average molecular weight is 343 g/mol. The zero-order chi connectivity index (χ0) is 15.5. The van der Waals surface area contributed by atoms with Crippen LogP contribution in [0.4, 0.5) is 0 Å². The minimum Gasteiger partial charge on any atom is -0.200 e. The molecule has 0 aliphatic heterocycles. The summed E-state index contributed by atoms with van der Waals surface area (Å²) < 4.78 is 24.2. The van der Waals surface area contributed by atoms with Crippen LogP contribution in [0.25, 0.3) is 0 Å². The number of benzene rings is 2. The number of halogens is 2. The van der Waals surface area contributed by atoms with E-state index in [1.165, 1.54) is 24.4 Å². The number of rotatable bonds is 4. The lowest BCUT2D eigenvalue weighted by molar-refractivity contribution is 0.585. The third-order valence-electron chi connectivity index (χ3n) is 2.65. The second-order valence-corrected chi connectivity index (χ2v) is 6.81. The molecule has 2 rings (SSSR count). The van der Waals surface area contributed by atoms with Crippen molar-refractivity contribution in [2.45, 2.75) is 11.8 Å². The highest BCUT2D eigenvalue weighted by atomic mass is 35.5. The zero-order valence-electron chi connectivity index (χ0n) is 11.0. The summed E-state index contributed by atoms with van der Waals surface area (Å²) in [5.41, 5.74) is 1.89. The van der Waals surface area contributed by atoms with Crippen molar-refractivity contribution in [3.8, 4) is 0 Å². The summed E-state index contributed by atoms with van der Waals surface area (Å²) in [7, 11) is -3.86. The molecular weight excluding hydrogens is 331 g/mol. The van der Waals surface area contributed by atoms with Gasteiger partial charge in [0.1, 0.15) is 4.90 Å². The monoisotopic (exact) mass is 342 g/mol. The SMILES string of the molecule is Cc1ccc(/C=N\NS(=O)(=O)c2cc(Cl)ccc2Cl)cc1.